The third kappa shape index (κ3) is 3.76. The Labute approximate surface area is 159 Å². The largest absolute Gasteiger partial charge is 0.345 e. The van der Waals surface area contributed by atoms with Gasteiger partial charge in [-0.1, -0.05) is 6.42 Å². The summed E-state index contributed by atoms with van der Waals surface area (Å²) in [4.78, 5) is 26.9. The Morgan fingerprint density at radius 1 is 1.23 bits per heavy atom. The number of aryl methyl sites for hydroxylation is 1. The fourth-order valence-corrected chi connectivity index (χ4v) is 4.82. The number of hydrogen-bond donors (Lipinski definition) is 2. The summed E-state index contributed by atoms with van der Waals surface area (Å²) in [6.07, 6.45) is 5.58. The van der Waals surface area contributed by atoms with Gasteiger partial charge in [0, 0.05) is 37.0 Å². The van der Waals surface area contributed by atoms with E-state index in [2.05, 4.69) is 26.2 Å². The lowest BCUT2D eigenvalue weighted by molar-refractivity contribution is 0.101. The second-order valence-corrected chi connectivity index (χ2v) is 9.01. The van der Waals surface area contributed by atoms with Crippen LogP contribution in [0.4, 0.5) is 5.69 Å². The number of hydrogen-bond acceptors (Lipinski definition) is 4. The summed E-state index contributed by atoms with van der Waals surface area (Å²) >= 11 is 3.22. The second-order valence-electron chi connectivity index (χ2n) is 6.15. The molecule has 8 nitrogen and oxygen atoms in total. The Hall–Kier alpha value is -1.91. The number of H-pyrrole nitrogens is 1. The Morgan fingerprint density at radius 2 is 1.92 bits per heavy atom. The van der Waals surface area contributed by atoms with Gasteiger partial charge in [0.2, 0.25) is 10.0 Å². The van der Waals surface area contributed by atoms with Crippen molar-refractivity contribution < 1.29 is 13.2 Å². The van der Waals surface area contributed by atoms with E-state index in [1.165, 1.54) is 33.4 Å². The predicted molar refractivity (Wildman–Crippen MR) is 101 cm³/mol. The van der Waals surface area contributed by atoms with Crippen LogP contribution in [-0.4, -0.2) is 41.3 Å². The average molecular weight is 443 g/mol. The van der Waals surface area contributed by atoms with Gasteiger partial charge in [-0.05, 0) is 40.9 Å². The van der Waals surface area contributed by atoms with E-state index in [4.69, 9.17) is 0 Å². The minimum absolute atomic E-state index is 0.0750. The minimum atomic E-state index is -3.63. The molecule has 26 heavy (non-hydrogen) atoms. The van der Waals surface area contributed by atoms with Crippen LogP contribution in [0.5, 0.6) is 0 Å². The van der Waals surface area contributed by atoms with E-state index in [0.29, 0.717) is 17.6 Å². The lowest BCUT2D eigenvalue weighted by atomic mass is 10.2. The van der Waals surface area contributed by atoms with Crippen molar-refractivity contribution in [2.75, 3.05) is 18.4 Å². The molecule has 140 valence electrons. The molecule has 2 aromatic rings. The van der Waals surface area contributed by atoms with Crippen LogP contribution >= 0.6 is 15.9 Å². The topological polar surface area (TPSA) is 104 Å². The van der Waals surface area contributed by atoms with Crippen LogP contribution in [0, 0.1) is 0 Å². The van der Waals surface area contributed by atoms with Crippen LogP contribution in [0.15, 0.2) is 38.7 Å². The van der Waals surface area contributed by atoms with E-state index in [9.17, 15) is 18.0 Å². The number of carbonyl (C=O) groups is 1. The average Bonchev–Trinajstić information content (AvgIpc) is 3.01. The van der Waals surface area contributed by atoms with Gasteiger partial charge in [-0.25, -0.2) is 8.42 Å². The minimum Gasteiger partial charge on any atom is -0.345 e. The first kappa shape index (κ1) is 18.9. The maximum Gasteiger partial charge on any atom is 0.272 e. The summed E-state index contributed by atoms with van der Waals surface area (Å²) in [6, 6.07) is 2.82. The monoisotopic (exact) mass is 442 g/mol. The molecule has 0 unspecified atom stereocenters. The SMILES string of the molecule is Cn1cc(S(=O)(=O)N2CCCCC2)cc1C(=O)Nc1cc(Br)c[nH]c1=O. The number of rotatable bonds is 4. The molecule has 3 heterocycles. The second kappa shape index (κ2) is 7.37. The molecule has 1 saturated heterocycles. The predicted octanol–water partition coefficient (Wildman–Crippen LogP) is 1.90. The summed E-state index contributed by atoms with van der Waals surface area (Å²) in [5.41, 5.74) is -0.220. The summed E-state index contributed by atoms with van der Waals surface area (Å²) in [5.74, 6) is -0.559. The van der Waals surface area contributed by atoms with E-state index in [0.717, 1.165) is 19.3 Å². The molecule has 1 fully saturated rings. The Kier molecular flexibility index (Phi) is 5.35. The fraction of sp³-hybridized carbons (Fsp3) is 0.375. The van der Waals surface area contributed by atoms with Crippen molar-refractivity contribution in [2.24, 2.45) is 7.05 Å². The van der Waals surface area contributed by atoms with Gasteiger partial charge in [0.05, 0.1) is 0 Å². The van der Waals surface area contributed by atoms with Crippen LogP contribution in [0.2, 0.25) is 0 Å². The molecule has 0 radical (unpaired) electrons. The van der Waals surface area contributed by atoms with Gasteiger partial charge in [-0.3, -0.25) is 9.59 Å². The number of sulfonamides is 1. The molecule has 1 aliphatic heterocycles. The van der Waals surface area contributed by atoms with Crippen molar-refractivity contribution in [3.63, 3.8) is 0 Å². The first-order valence-corrected chi connectivity index (χ1v) is 10.4. The lowest BCUT2D eigenvalue weighted by Gasteiger charge is -2.25. The number of pyridine rings is 1. The van der Waals surface area contributed by atoms with Crippen LogP contribution in [0.3, 0.4) is 0 Å². The van der Waals surface area contributed by atoms with Gasteiger partial charge in [0.25, 0.3) is 11.5 Å². The molecule has 0 aliphatic carbocycles. The van der Waals surface area contributed by atoms with Crippen molar-refractivity contribution in [2.45, 2.75) is 24.2 Å². The number of aromatic amines is 1. The van der Waals surface area contributed by atoms with E-state index >= 15 is 0 Å². The van der Waals surface area contributed by atoms with Crippen LogP contribution in [-0.2, 0) is 17.1 Å². The van der Waals surface area contributed by atoms with E-state index in [-0.39, 0.29) is 16.3 Å². The van der Waals surface area contributed by atoms with Crippen LogP contribution in [0.25, 0.3) is 0 Å². The highest BCUT2D eigenvalue weighted by Gasteiger charge is 2.28. The highest BCUT2D eigenvalue weighted by molar-refractivity contribution is 9.10. The molecule has 0 aromatic carbocycles. The van der Waals surface area contributed by atoms with Crippen molar-refractivity contribution in [1.82, 2.24) is 13.9 Å². The molecule has 1 amide bonds. The van der Waals surface area contributed by atoms with Crippen molar-refractivity contribution >= 4 is 37.5 Å². The van der Waals surface area contributed by atoms with E-state index < -0.39 is 21.5 Å². The molecule has 0 atom stereocenters. The summed E-state index contributed by atoms with van der Waals surface area (Å²) in [5, 5.41) is 2.51. The van der Waals surface area contributed by atoms with Gasteiger partial charge >= 0.3 is 0 Å². The molecule has 10 heteroatoms. The Balaban J connectivity index is 1.86. The van der Waals surface area contributed by atoms with Crippen molar-refractivity contribution in [3.05, 3.63) is 45.0 Å². The number of piperidine rings is 1. The zero-order chi connectivity index (χ0) is 18.9. The first-order chi connectivity index (χ1) is 12.3. The van der Waals surface area contributed by atoms with Crippen molar-refractivity contribution in [1.29, 1.82) is 0 Å². The molecular weight excluding hydrogens is 424 g/mol. The number of halogens is 1. The highest BCUT2D eigenvalue weighted by Crippen LogP contribution is 2.22. The smallest absolute Gasteiger partial charge is 0.272 e. The van der Waals surface area contributed by atoms with Gasteiger partial charge in [-0.2, -0.15) is 4.31 Å². The summed E-state index contributed by atoms with van der Waals surface area (Å²) < 4.78 is 29.0. The molecule has 0 saturated carbocycles. The number of amides is 1. The summed E-state index contributed by atoms with van der Waals surface area (Å²) in [7, 11) is -2.04. The quantitative estimate of drug-likeness (QED) is 0.753. The Bertz CT molecular complexity index is 990. The number of nitrogens with zero attached hydrogens (tertiary/aromatic N) is 2. The van der Waals surface area contributed by atoms with Crippen LogP contribution in [0.1, 0.15) is 29.8 Å². The molecule has 0 bridgehead atoms. The maximum absolute atomic E-state index is 12.8. The summed E-state index contributed by atoms with van der Waals surface area (Å²) in [6.45, 7) is 0.984. The van der Waals surface area contributed by atoms with Crippen LogP contribution < -0.4 is 10.9 Å². The standard InChI is InChI=1S/C16H19BrN4O4S/c1-20-10-12(26(24,25)21-5-3-2-4-6-21)8-14(20)16(23)19-13-7-11(17)9-18-15(13)22/h7-10H,2-6H2,1H3,(H,18,22)(H,19,23). The van der Waals surface area contributed by atoms with Gasteiger partial charge < -0.3 is 14.9 Å². The zero-order valence-electron chi connectivity index (χ0n) is 14.2. The Morgan fingerprint density at radius 3 is 2.62 bits per heavy atom. The molecular formula is C16H19BrN4O4S. The molecule has 1 aliphatic rings. The van der Waals surface area contributed by atoms with Crippen molar-refractivity contribution in [3.8, 4) is 0 Å². The number of anilines is 1. The highest BCUT2D eigenvalue weighted by atomic mass is 79.9. The third-order valence-electron chi connectivity index (χ3n) is 4.28. The number of aromatic nitrogens is 2. The maximum atomic E-state index is 12.8. The van der Waals surface area contributed by atoms with Gasteiger partial charge in [0.15, 0.2) is 0 Å². The number of carbonyl (C=O) groups excluding carboxylic acids is 1. The number of nitrogens with one attached hydrogen (secondary N) is 2. The fourth-order valence-electron chi connectivity index (χ4n) is 2.89. The van der Waals surface area contributed by atoms with Gasteiger partial charge in [-0.15, -0.1) is 0 Å². The van der Waals surface area contributed by atoms with E-state index in [1.807, 2.05) is 0 Å². The molecule has 2 N–H and O–H groups in total. The lowest BCUT2D eigenvalue weighted by Crippen LogP contribution is -2.35. The van der Waals surface area contributed by atoms with Gasteiger partial charge in [0.1, 0.15) is 16.3 Å². The third-order valence-corrected chi connectivity index (χ3v) is 6.60. The molecule has 0 spiro atoms. The zero-order valence-corrected chi connectivity index (χ0v) is 16.6. The molecule has 2 aromatic heterocycles. The first-order valence-electron chi connectivity index (χ1n) is 8.15. The molecule has 3 rings (SSSR count). The normalized spacial score (nSPS) is 15.8. The van der Waals surface area contributed by atoms with E-state index in [1.54, 1.807) is 7.05 Å².